The first-order valence-electron chi connectivity index (χ1n) is 12.9. The number of carbonyl (C=O) groups is 1. The van der Waals surface area contributed by atoms with Gasteiger partial charge in [-0.25, -0.2) is 9.97 Å². The second kappa shape index (κ2) is 8.45. The Hall–Kier alpha value is -3.71. The van der Waals surface area contributed by atoms with E-state index < -0.39 is 0 Å². The molecular formula is C29H29N5O2. The summed E-state index contributed by atoms with van der Waals surface area (Å²) < 4.78 is 5.97. The number of H-pyrrole nitrogens is 2. The van der Waals surface area contributed by atoms with Crippen LogP contribution in [0.2, 0.25) is 0 Å². The first kappa shape index (κ1) is 21.6. The number of aromatic amines is 2. The molecule has 1 amide bonds. The number of aromatic nitrogens is 4. The van der Waals surface area contributed by atoms with Crippen LogP contribution in [0.15, 0.2) is 55.1 Å². The van der Waals surface area contributed by atoms with Gasteiger partial charge in [-0.05, 0) is 59.9 Å². The summed E-state index contributed by atoms with van der Waals surface area (Å²) >= 11 is 0. The fourth-order valence-corrected chi connectivity index (χ4v) is 6.59. The van der Waals surface area contributed by atoms with E-state index in [1.807, 2.05) is 17.3 Å². The molecule has 0 bridgehead atoms. The van der Waals surface area contributed by atoms with Crippen molar-refractivity contribution in [2.24, 2.45) is 0 Å². The Balaban J connectivity index is 1.31. The lowest BCUT2D eigenvalue weighted by molar-refractivity contribution is -0.119. The van der Waals surface area contributed by atoms with Crippen molar-refractivity contribution in [3.63, 3.8) is 0 Å². The van der Waals surface area contributed by atoms with Crippen molar-refractivity contribution in [2.75, 3.05) is 19.8 Å². The number of nitrogens with one attached hydrogen (secondary N) is 2. The maximum Gasteiger partial charge on any atom is 0.210 e. The molecule has 2 aliphatic heterocycles. The molecule has 0 radical (unpaired) electrons. The minimum atomic E-state index is 0.0477. The van der Waals surface area contributed by atoms with Crippen LogP contribution >= 0.6 is 0 Å². The molecule has 0 saturated carbocycles. The van der Waals surface area contributed by atoms with Gasteiger partial charge in [-0.2, -0.15) is 0 Å². The Morgan fingerprint density at radius 3 is 2.67 bits per heavy atom. The van der Waals surface area contributed by atoms with Crippen LogP contribution in [0.25, 0.3) is 33.6 Å². The number of imidazole rings is 2. The van der Waals surface area contributed by atoms with Crippen molar-refractivity contribution in [3.05, 3.63) is 72.1 Å². The van der Waals surface area contributed by atoms with E-state index in [-0.39, 0.29) is 11.5 Å². The number of carbonyl (C=O) groups excluding carboxylic acids is 1. The van der Waals surface area contributed by atoms with Crippen LogP contribution in [0.4, 0.5) is 0 Å². The predicted octanol–water partition coefficient (Wildman–Crippen LogP) is 5.03. The van der Waals surface area contributed by atoms with Gasteiger partial charge >= 0.3 is 0 Å². The molecule has 2 unspecified atom stereocenters. The van der Waals surface area contributed by atoms with Crippen LogP contribution in [0.1, 0.15) is 48.7 Å². The highest BCUT2D eigenvalue weighted by Crippen LogP contribution is 2.51. The van der Waals surface area contributed by atoms with E-state index in [1.165, 1.54) is 27.8 Å². The molecule has 7 heteroatoms. The Bertz CT molecular complexity index is 1400. The van der Waals surface area contributed by atoms with Gasteiger partial charge in [0, 0.05) is 24.1 Å². The quantitative estimate of drug-likeness (QED) is 0.393. The molecule has 2 atom stereocenters. The van der Waals surface area contributed by atoms with Crippen molar-refractivity contribution >= 4 is 6.41 Å². The van der Waals surface area contributed by atoms with Gasteiger partial charge in [0.25, 0.3) is 0 Å². The second-order valence-electron chi connectivity index (χ2n) is 10.3. The van der Waals surface area contributed by atoms with Gasteiger partial charge in [0.2, 0.25) is 6.41 Å². The SMILES string of the molecule is O=CN1CCCC1c1ncc(-c2ccc(-c3ccc(-c4cnc[nH]4)cc3)c3c2CCC32CCOC2)[nH]1. The van der Waals surface area contributed by atoms with Gasteiger partial charge < -0.3 is 19.6 Å². The molecule has 3 aliphatic rings. The van der Waals surface area contributed by atoms with E-state index >= 15 is 0 Å². The molecule has 7 rings (SSSR count). The van der Waals surface area contributed by atoms with E-state index in [1.54, 1.807) is 6.33 Å². The van der Waals surface area contributed by atoms with Crippen molar-refractivity contribution in [1.29, 1.82) is 0 Å². The Morgan fingerprint density at radius 2 is 1.89 bits per heavy atom. The standard InChI is InChI=1S/C29H29N5O2/c35-18-34-12-1-2-26(34)28-31-15-25(33-28)22-8-7-21(27-23(22)9-10-29(27)11-13-36-16-29)19-3-5-20(6-4-19)24-14-30-17-32-24/h3-8,14-15,17-18,26H,1-2,9-13,16H2,(H,30,32)(H,31,33). The van der Waals surface area contributed by atoms with E-state index in [0.29, 0.717) is 0 Å². The molecule has 182 valence electrons. The van der Waals surface area contributed by atoms with Gasteiger partial charge in [-0.3, -0.25) is 4.79 Å². The van der Waals surface area contributed by atoms with Crippen LogP contribution in [0, 0.1) is 0 Å². The summed E-state index contributed by atoms with van der Waals surface area (Å²) in [5.41, 5.74) is 9.87. The lowest BCUT2D eigenvalue weighted by Gasteiger charge is -2.26. The predicted molar refractivity (Wildman–Crippen MR) is 137 cm³/mol. The van der Waals surface area contributed by atoms with Crippen LogP contribution in [0.5, 0.6) is 0 Å². The number of benzene rings is 2. The fourth-order valence-electron chi connectivity index (χ4n) is 6.59. The first-order valence-corrected chi connectivity index (χ1v) is 12.9. The molecular weight excluding hydrogens is 450 g/mol. The molecule has 2 fully saturated rings. The Morgan fingerprint density at radius 1 is 1.03 bits per heavy atom. The number of hydrogen-bond acceptors (Lipinski definition) is 4. The number of fused-ring (bicyclic) bond motifs is 2. The molecule has 7 nitrogen and oxygen atoms in total. The number of hydrogen-bond donors (Lipinski definition) is 2. The molecule has 2 N–H and O–H groups in total. The summed E-state index contributed by atoms with van der Waals surface area (Å²) in [5, 5.41) is 0. The molecule has 2 aromatic carbocycles. The topological polar surface area (TPSA) is 86.9 Å². The largest absolute Gasteiger partial charge is 0.380 e. The van der Waals surface area contributed by atoms with Crippen molar-refractivity contribution < 1.29 is 9.53 Å². The molecule has 2 saturated heterocycles. The zero-order valence-electron chi connectivity index (χ0n) is 20.2. The minimum Gasteiger partial charge on any atom is -0.380 e. The Labute approximate surface area is 209 Å². The van der Waals surface area contributed by atoms with Gasteiger partial charge in [0.1, 0.15) is 5.82 Å². The lowest BCUT2D eigenvalue weighted by atomic mass is 9.77. The maximum absolute atomic E-state index is 11.5. The van der Waals surface area contributed by atoms with Gasteiger partial charge in [-0.1, -0.05) is 36.4 Å². The van der Waals surface area contributed by atoms with Crippen molar-refractivity contribution in [1.82, 2.24) is 24.8 Å². The van der Waals surface area contributed by atoms with E-state index in [2.05, 4.69) is 51.4 Å². The number of amides is 1. The summed E-state index contributed by atoms with van der Waals surface area (Å²) in [6.07, 6.45) is 11.6. The van der Waals surface area contributed by atoms with Gasteiger partial charge in [0.05, 0.1) is 42.8 Å². The van der Waals surface area contributed by atoms with Crippen LogP contribution in [-0.4, -0.2) is 51.0 Å². The summed E-state index contributed by atoms with van der Waals surface area (Å²) in [6, 6.07) is 13.3. The van der Waals surface area contributed by atoms with Crippen molar-refractivity contribution in [2.45, 2.75) is 43.6 Å². The average molecular weight is 480 g/mol. The Kier molecular flexibility index (Phi) is 5.06. The van der Waals surface area contributed by atoms with Crippen LogP contribution in [-0.2, 0) is 21.4 Å². The lowest BCUT2D eigenvalue weighted by Crippen LogP contribution is -2.23. The highest BCUT2D eigenvalue weighted by molar-refractivity contribution is 5.80. The van der Waals surface area contributed by atoms with Crippen LogP contribution < -0.4 is 0 Å². The smallest absolute Gasteiger partial charge is 0.210 e. The molecule has 2 aromatic heterocycles. The average Bonchev–Trinajstić information content (AvgIpc) is 3.75. The zero-order chi connectivity index (χ0) is 24.1. The number of likely N-dealkylation sites (tertiary alicyclic amines) is 1. The molecule has 36 heavy (non-hydrogen) atoms. The molecule has 1 aliphatic carbocycles. The zero-order valence-corrected chi connectivity index (χ0v) is 20.2. The van der Waals surface area contributed by atoms with E-state index in [9.17, 15) is 4.79 Å². The van der Waals surface area contributed by atoms with Gasteiger partial charge in [-0.15, -0.1) is 0 Å². The number of rotatable bonds is 5. The third-order valence-electron chi connectivity index (χ3n) is 8.44. The second-order valence-corrected chi connectivity index (χ2v) is 10.3. The highest BCUT2D eigenvalue weighted by atomic mass is 16.5. The number of nitrogens with zero attached hydrogens (tertiary/aromatic N) is 3. The van der Waals surface area contributed by atoms with Crippen LogP contribution in [0.3, 0.4) is 0 Å². The van der Waals surface area contributed by atoms with E-state index in [0.717, 1.165) is 81.0 Å². The summed E-state index contributed by atoms with van der Waals surface area (Å²) in [6.45, 7) is 2.41. The van der Waals surface area contributed by atoms with Gasteiger partial charge in [0.15, 0.2) is 0 Å². The first-order chi connectivity index (χ1) is 17.8. The summed E-state index contributed by atoms with van der Waals surface area (Å²) in [4.78, 5) is 29.0. The molecule has 4 heterocycles. The molecule has 1 spiro atoms. The van der Waals surface area contributed by atoms with E-state index in [4.69, 9.17) is 9.72 Å². The monoisotopic (exact) mass is 479 g/mol. The normalized spacial score (nSPS) is 23.0. The van der Waals surface area contributed by atoms with Crippen molar-refractivity contribution in [3.8, 4) is 33.6 Å². The third kappa shape index (κ3) is 3.33. The summed E-state index contributed by atoms with van der Waals surface area (Å²) in [5.74, 6) is 0.888. The fraction of sp³-hybridized carbons (Fsp3) is 0.345. The third-order valence-corrected chi connectivity index (χ3v) is 8.44. The maximum atomic E-state index is 11.5. The summed E-state index contributed by atoms with van der Waals surface area (Å²) in [7, 11) is 0. The molecule has 4 aromatic rings. The highest BCUT2D eigenvalue weighted by Gasteiger charge is 2.44. The minimum absolute atomic E-state index is 0.0477. The number of ether oxygens (including phenoxy) is 1.